The molecule has 2 heterocycles. The Balaban J connectivity index is 2.05. The molecule has 0 spiro atoms. The molecule has 0 fully saturated rings. The number of amides is 1. The number of carbonyl (C=O) groups is 1. The lowest BCUT2D eigenvalue weighted by Crippen LogP contribution is -2.43. The fourth-order valence-electron chi connectivity index (χ4n) is 2.93. The first-order chi connectivity index (χ1) is 15.2. The molecule has 0 saturated heterocycles. The number of hydrogen-bond acceptors (Lipinski definition) is 12. The fraction of sp³-hybridized carbons (Fsp3) is 0.688. The van der Waals surface area contributed by atoms with Crippen LogP contribution >= 0.6 is 35.0 Å². The van der Waals surface area contributed by atoms with Gasteiger partial charge in [0.15, 0.2) is 0 Å². The van der Waals surface area contributed by atoms with Crippen LogP contribution in [0.3, 0.4) is 0 Å². The highest BCUT2D eigenvalue weighted by atomic mass is 32.3. The summed E-state index contributed by atoms with van der Waals surface area (Å²) in [5.41, 5.74) is 0.675. The van der Waals surface area contributed by atoms with E-state index in [2.05, 4.69) is 10.2 Å². The van der Waals surface area contributed by atoms with Crippen LogP contribution in [0.5, 0.6) is 0 Å². The highest BCUT2D eigenvalue weighted by Gasteiger charge is 2.38. The molecule has 1 atom stereocenters. The lowest BCUT2D eigenvalue weighted by Gasteiger charge is -2.32. The standard InChI is InChI=1S/C16H27N5O7S4/c1-3-18-13-10-19(5-4-6-27-2)32(25,26)16-12(13)9-15(30-16)31-20(17)14(22)11-29-8-7-28-21(23)24/h9,13,18H,3-8,10-11,17H2,1-2H3. The number of carbonyl (C=O) groups excluding carboxylic acids is 1. The number of hydrogen-bond donors (Lipinski definition) is 2. The van der Waals surface area contributed by atoms with Gasteiger partial charge in [-0.1, -0.05) is 6.92 Å². The third kappa shape index (κ3) is 7.44. The van der Waals surface area contributed by atoms with Gasteiger partial charge < -0.3 is 14.9 Å². The number of thiophene rings is 1. The second-order valence-corrected chi connectivity index (χ2v) is 12.1. The highest BCUT2D eigenvalue weighted by molar-refractivity contribution is 8.01. The smallest absolute Gasteiger partial charge is 0.294 e. The van der Waals surface area contributed by atoms with E-state index in [9.17, 15) is 23.3 Å². The molecule has 0 saturated carbocycles. The number of sulfonamides is 1. The Bertz CT molecular complexity index is 882. The maximum atomic E-state index is 13.1. The second kappa shape index (κ2) is 12.9. The molecule has 182 valence electrons. The fourth-order valence-corrected chi connectivity index (χ4v) is 8.14. The summed E-state index contributed by atoms with van der Waals surface area (Å²) < 4.78 is 34.5. The lowest BCUT2D eigenvalue weighted by atomic mass is 10.1. The third-order valence-corrected chi connectivity index (χ3v) is 9.74. The van der Waals surface area contributed by atoms with Crippen LogP contribution in [0.2, 0.25) is 0 Å². The zero-order valence-corrected chi connectivity index (χ0v) is 21.0. The van der Waals surface area contributed by atoms with Crippen molar-refractivity contribution in [2.45, 2.75) is 27.8 Å². The number of methoxy groups -OCH3 is 1. The Hall–Kier alpha value is -1.14. The van der Waals surface area contributed by atoms with Crippen molar-refractivity contribution in [3.63, 3.8) is 0 Å². The zero-order chi connectivity index (χ0) is 23.7. The number of hydrazine groups is 1. The summed E-state index contributed by atoms with van der Waals surface area (Å²) in [7, 11) is -2.08. The monoisotopic (exact) mass is 529 g/mol. The predicted octanol–water partition coefficient (Wildman–Crippen LogP) is 1.09. The topological polar surface area (TPSA) is 157 Å². The third-order valence-electron chi connectivity index (χ3n) is 4.33. The van der Waals surface area contributed by atoms with Gasteiger partial charge in [-0.05, 0) is 19.0 Å². The first-order valence-corrected chi connectivity index (χ1v) is 13.9. The molecule has 16 heteroatoms. The first-order valence-electron chi connectivity index (χ1n) is 9.67. The van der Waals surface area contributed by atoms with Gasteiger partial charge in [0.2, 0.25) is 0 Å². The molecule has 1 aromatic heterocycles. The molecule has 12 nitrogen and oxygen atoms in total. The predicted molar refractivity (Wildman–Crippen MR) is 123 cm³/mol. The minimum atomic E-state index is -3.65. The minimum absolute atomic E-state index is 0.0151. The Morgan fingerprint density at radius 1 is 1.50 bits per heavy atom. The van der Waals surface area contributed by atoms with Gasteiger partial charge in [-0.3, -0.25) is 4.79 Å². The van der Waals surface area contributed by atoms with E-state index in [1.165, 1.54) is 4.31 Å². The summed E-state index contributed by atoms with van der Waals surface area (Å²) in [5.74, 6) is 5.73. The Morgan fingerprint density at radius 3 is 2.91 bits per heavy atom. The van der Waals surface area contributed by atoms with Crippen molar-refractivity contribution >= 4 is 51.0 Å². The van der Waals surface area contributed by atoms with Crippen molar-refractivity contribution in [3.05, 3.63) is 21.7 Å². The average Bonchev–Trinajstić information content (AvgIpc) is 3.16. The summed E-state index contributed by atoms with van der Waals surface area (Å²) in [5, 5.41) is 12.5. The van der Waals surface area contributed by atoms with Gasteiger partial charge in [-0.15, -0.1) is 33.2 Å². The van der Waals surface area contributed by atoms with Gasteiger partial charge in [0, 0.05) is 56.1 Å². The van der Waals surface area contributed by atoms with Gasteiger partial charge in [-0.2, -0.15) is 4.31 Å². The minimum Gasteiger partial charge on any atom is -0.385 e. The van der Waals surface area contributed by atoms with Crippen LogP contribution in [0, 0.1) is 10.1 Å². The van der Waals surface area contributed by atoms with Crippen LogP contribution < -0.4 is 11.2 Å². The molecule has 1 amide bonds. The molecular weight excluding hydrogens is 502 g/mol. The summed E-state index contributed by atoms with van der Waals surface area (Å²) in [4.78, 5) is 26.5. The van der Waals surface area contributed by atoms with Gasteiger partial charge in [0.05, 0.1) is 9.96 Å². The zero-order valence-electron chi connectivity index (χ0n) is 17.7. The Morgan fingerprint density at radius 2 is 2.25 bits per heavy atom. The van der Waals surface area contributed by atoms with Crippen molar-refractivity contribution < 1.29 is 27.9 Å². The van der Waals surface area contributed by atoms with E-state index in [0.29, 0.717) is 42.4 Å². The van der Waals surface area contributed by atoms with Crippen LogP contribution in [0.1, 0.15) is 24.9 Å². The number of rotatable bonds is 14. The summed E-state index contributed by atoms with van der Waals surface area (Å²) >= 11 is 3.19. The van der Waals surface area contributed by atoms with Gasteiger partial charge >= 0.3 is 0 Å². The van der Waals surface area contributed by atoms with E-state index in [-0.39, 0.29) is 28.4 Å². The van der Waals surface area contributed by atoms with Gasteiger partial charge in [0.25, 0.3) is 21.0 Å². The second-order valence-electron chi connectivity index (χ2n) is 6.55. The molecule has 0 bridgehead atoms. The maximum Gasteiger partial charge on any atom is 0.294 e. The number of ether oxygens (including phenoxy) is 1. The van der Waals surface area contributed by atoms with Crippen molar-refractivity contribution in [1.82, 2.24) is 14.0 Å². The highest BCUT2D eigenvalue weighted by Crippen LogP contribution is 2.42. The molecule has 0 radical (unpaired) electrons. The number of nitrogens with one attached hydrogen (secondary N) is 1. The van der Waals surface area contributed by atoms with Crippen LogP contribution in [0.4, 0.5) is 0 Å². The van der Waals surface area contributed by atoms with Crippen LogP contribution in [0.15, 0.2) is 14.5 Å². The molecule has 2 rings (SSSR count). The van der Waals surface area contributed by atoms with Crippen LogP contribution in [0.25, 0.3) is 0 Å². The van der Waals surface area contributed by atoms with Crippen LogP contribution in [-0.4, -0.2) is 79.6 Å². The Labute approximate surface area is 199 Å². The largest absolute Gasteiger partial charge is 0.385 e. The molecule has 3 N–H and O–H groups in total. The quantitative estimate of drug-likeness (QED) is 0.0887. The molecule has 0 aromatic carbocycles. The van der Waals surface area contributed by atoms with Crippen molar-refractivity contribution in [3.8, 4) is 0 Å². The Kier molecular flexibility index (Phi) is 11.0. The van der Waals surface area contributed by atoms with E-state index in [0.717, 1.165) is 39.5 Å². The van der Waals surface area contributed by atoms with Gasteiger partial charge in [0.1, 0.15) is 10.8 Å². The average molecular weight is 530 g/mol. The number of nitrogens with zero attached hydrogens (tertiary/aromatic N) is 3. The molecule has 1 aromatic rings. The number of fused-ring (bicyclic) bond motifs is 1. The number of nitrogens with two attached hydrogens (primary N) is 1. The molecule has 1 aliphatic heterocycles. The van der Waals surface area contributed by atoms with E-state index < -0.39 is 21.0 Å². The maximum absolute atomic E-state index is 13.1. The van der Waals surface area contributed by atoms with E-state index >= 15 is 0 Å². The van der Waals surface area contributed by atoms with E-state index in [1.807, 2.05) is 6.92 Å². The summed E-state index contributed by atoms with van der Waals surface area (Å²) in [6.07, 6.45) is 0.590. The molecule has 1 unspecified atom stereocenters. The van der Waals surface area contributed by atoms with Gasteiger partial charge in [-0.25, -0.2) is 18.7 Å². The molecule has 1 aliphatic rings. The number of thioether (sulfide) groups is 1. The van der Waals surface area contributed by atoms with E-state index in [4.69, 9.17) is 10.6 Å². The lowest BCUT2D eigenvalue weighted by molar-refractivity contribution is -0.756. The summed E-state index contributed by atoms with van der Waals surface area (Å²) in [6.45, 7) is 3.65. The molecular formula is C16H27N5O7S4. The number of likely N-dealkylation sites (N-methyl/N-ethyl adjacent to an activating group) is 1. The van der Waals surface area contributed by atoms with E-state index in [1.54, 1.807) is 13.2 Å². The van der Waals surface area contributed by atoms with Crippen molar-refractivity contribution in [1.29, 1.82) is 0 Å². The summed E-state index contributed by atoms with van der Waals surface area (Å²) in [6, 6.07) is 1.60. The first kappa shape index (κ1) is 27.1. The van der Waals surface area contributed by atoms with Crippen molar-refractivity contribution in [2.75, 3.05) is 51.5 Å². The van der Waals surface area contributed by atoms with Crippen LogP contribution in [-0.2, 0) is 24.4 Å². The molecule has 32 heavy (non-hydrogen) atoms. The normalized spacial score (nSPS) is 17.7. The SMILES string of the molecule is CCNC1CN(CCCOC)S(=O)(=O)c2sc(SN(N)C(=O)CSCCO[N+](=O)[O-])cc21. The molecule has 0 aliphatic carbocycles. The van der Waals surface area contributed by atoms with Crippen molar-refractivity contribution in [2.24, 2.45) is 5.84 Å².